The summed E-state index contributed by atoms with van der Waals surface area (Å²) < 4.78 is 5.23. The summed E-state index contributed by atoms with van der Waals surface area (Å²) in [5, 5.41) is 15.8. The van der Waals surface area contributed by atoms with Crippen LogP contribution in [0.15, 0.2) is 59.6 Å². The Hall–Kier alpha value is -3.19. The number of aromatic hydroxyl groups is 1. The van der Waals surface area contributed by atoms with Crippen molar-refractivity contribution in [2.75, 3.05) is 13.2 Å². The van der Waals surface area contributed by atoms with Gasteiger partial charge in [-0.1, -0.05) is 42.5 Å². The van der Waals surface area contributed by atoms with Crippen LogP contribution >= 0.6 is 0 Å². The van der Waals surface area contributed by atoms with Gasteiger partial charge in [0, 0.05) is 13.1 Å². The number of hydrogen-bond donors (Lipinski definition) is 3. The maximum atomic E-state index is 12.7. The highest BCUT2D eigenvalue weighted by atomic mass is 16.5. The first-order valence-electron chi connectivity index (χ1n) is 9.16. The van der Waals surface area contributed by atoms with E-state index in [-0.39, 0.29) is 18.9 Å². The zero-order valence-electron chi connectivity index (χ0n) is 15.6. The van der Waals surface area contributed by atoms with E-state index in [1.165, 1.54) is 12.1 Å². The highest BCUT2D eigenvalue weighted by molar-refractivity contribution is 6.10. The number of phenols is 1. The number of rotatable bonds is 7. The molecule has 0 bridgehead atoms. The third kappa shape index (κ3) is 4.75. The number of ether oxygens (including phenoxy) is 1. The van der Waals surface area contributed by atoms with Gasteiger partial charge in [0.2, 0.25) is 0 Å². The molecule has 1 aliphatic rings. The maximum absolute atomic E-state index is 12.7. The second-order valence-corrected chi connectivity index (χ2v) is 6.44. The molecule has 0 radical (unpaired) electrons. The Kier molecular flexibility index (Phi) is 6.39. The van der Waals surface area contributed by atoms with Crippen LogP contribution in [-0.2, 0) is 16.1 Å². The average Bonchev–Trinajstić information content (AvgIpc) is 2.68. The van der Waals surface area contributed by atoms with Gasteiger partial charge in [-0.2, -0.15) is 0 Å². The first kappa shape index (κ1) is 19.6. The molecule has 2 amide bonds. The van der Waals surface area contributed by atoms with Crippen molar-refractivity contribution < 1.29 is 19.4 Å². The van der Waals surface area contributed by atoms with Crippen molar-refractivity contribution in [2.45, 2.75) is 19.5 Å². The fourth-order valence-electron chi connectivity index (χ4n) is 3.22. The fourth-order valence-corrected chi connectivity index (χ4v) is 3.22. The van der Waals surface area contributed by atoms with Crippen LogP contribution in [0.2, 0.25) is 0 Å². The summed E-state index contributed by atoms with van der Waals surface area (Å²) in [5.41, 5.74) is 2.11. The van der Waals surface area contributed by atoms with E-state index in [1.54, 1.807) is 19.1 Å². The molecule has 1 aliphatic heterocycles. The summed E-state index contributed by atoms with van der Waals surface area (Å²) in [6.07, 6.45) is 0. The van der Waals surface area contributed by atoms with Gasteiger partial charge in [0.1, 0.15) is 11.7 Å². The van der Waals surface area contributed by atoms with Gasteiger partial charge in [-0.05, 0) is 30.2 Å². The first-order valence-corrected chi connectivity index (χ1v) is 9.16. The van der Waals surface area contributed by atoms with Gasteiger partial charge in [0.15, 0.2) is 0 Å². The van der Waals surface area contributed by atoms with Crippen LogP contribution in [0.3, 0.4) is 0 Å². The normalized spacial score (nSPS) is 18.9. The molecule has 3 rings (SSSR count). The fraction of sp³-hybridized carbons (Fsp3) is 0.286. The molecule has 146 valence electrons. The van der Waals surface area contributed by atoms with Crippen molar-refractivity contribution in [1.29, 1.82) is 0 Å². The summed E-state index contributed by atoms with van der Waals surface area (Å²) in [4.78, 5) is 28.9. The van der Waals surface area contributed by atoms with Crippen molar-refractivity contribution in [1.82, 2.24) is 10.6 Å². The molecule has 0 fully saturated rings. The van der Waals surface area contributed by atoms with E-state index in [2.05, 4.69) is 15.6 Å². The Balaban J connectivity index is 1.83. The molecule has 2 aromatic carbocycles. The van der Waals surface area contributed by atoms with Gasteiger partial charge in [-0.15, -0.1) is 0 Å². The van der Waals surface area contributed by atoms with Gasteiger partial charge in [-0.25, -0.2) is 9.79 Å². The lowest BCUT2D eigenvalue weighted by Gasteiger charge is -2.31. The second-order valence-electron chi connectivity index (χ2n) is 6.44. The predicted molar refractivity (Wildman–Crippen MR) is 105 cm³/mol. The van der Waals surface area contributed by atoms with Crippen LogP contribution in [0.25, 0.3) is 0 Å². The van der Waals surface area contributed by atoms with Crippen LogP contribution in [0.1, 0.15) is 24.1 Å². The third-order valence-corrected chi connectivity index (χ3v) is 4.46. The van der Waals surface area contributed by atoms with Crippen LogP contribution in [0, 0.1) is 5.92 Å². The van der Waals surface area contributed by atoms with Gasteiger partial charge >= 0.3 is 12.0 Å². The van der Waals surface area contributed by atoms with Crippen LogP contribution < -0.4 is 10.6 Å². The van der Waals surface area contributed by atoms with E-state index in [4.69, 9.17) is 4.74 Å². The zero-order chi connectivity index (χ0) is 19.9. The minimum absolute atomic E-state index is 0.0561. The number of urea groups is 1. The molecule has 0 spiro atoms. The number of nitrogens with one attached hydrogen (secondary N) is 2. The van der Waals surface area contributed by atoms with E-state index < -0.39 is 24.0 Å². The molecule has 2 unspecified atom stereocenters. The Bertz CT molecular complexity index is 867. The third-order valence-electron chi connectivity index (χ3n) is 4.46. The molecule has 2 atom stereocenters. The summed E-state index contributed by atoms with van der Waals surface area (Å²) in [5.74, 6) is -1.18. The number of phenolic OH excluding ortho intramolecular Hbond substituents is 1. The van der Waals surface area contributed by atoms with Crippen molar-refractivity contribution in [3.05, 3.63) is 65.7 Å². The topological polar surface area (TPSA) is 100 Å². The van der Waals surface area contributed by atoms with Gasteiger partial charge < -0.3 is 20.5 Å². The van der Waals surface area contributed by atoms with E-state index in [0.717, 1.165) is 5.56 Å². The summed E-state index contributed by atoms with van der Waals surface area (Å²) >= 11 is 0. The lowest BCUT2D eigenvalue weighted by Crippen LogP contribution is -2.48. The largest absolute Gasteiger partial charge is 0.508 e. The number of amides is 2. The number of aliphatic imine (C=N–C) groups is 1. The minimum Gasteiger partial charge on any atom is -0.508 e. The number of carbonyl (C=O) groups is 2. The lowest BCUT2D eigenvalue weighted by atomic mass is 9.87. The quantitative estimate of drug-likeness (QED) is 0.640. The van der Waals surface area contributed by atoms with E-state index in [9.17, 15) is 14.7 Å². The van der Waals surface area contributed by atoms with Crippen molar-refractivity contribution in [3.63, 3.8) is 0 Å². The maximum Gasteiger partial charge on any atom is 0.341 e. The highest BCUT2D eigenvalue weighted by Gasteiger charge is 2.39. The van der Waals surface area contributed by atoms with Crippen LogP contribution in [-0.4, -0.2) is 36.0 Å². The van der Waals surface area contributed by atoms with E-state index >= 15 is 0 Å². The van der Waals surface area contributed by atoms with Crippen molar-refractivity contribution in [3.8, 4) is 5.75 Å². The lowest BCUT2D eigenvalue weighted by molar-refractivity contribution is -0.146. The standard InChI is InChI=1S/C21H23N3O4/c1-2-28-20(26)18-17(13-22-12-14-7-4-3-5-8-14)23-21(27)24-19(18)15-9-6-10-16(25)11-15/h3-11,18-19,22,25H,2,12-13H2,1H3,(H,24,27). The molecule has 7 nitrogen and oxygen atoms in total. The minimum atomic E-state index is -0.775. The molecule has 7 heteroatoms. The number of benzene rings is 2. The van der Waals surface area contributed by atoms with Crippen LogP contribution in [0.4, 0.5) is 4.79 Å². The predicted octanol–water partition coefficient (Wildman–Crippen LogP) is 2.57. The number of nitrogens with zero attached hydrogens (tertiary/aromatic N) is 1. The van der Waals surface area contributed by atoms with E-state index in [1.807, 2.05) is 30.3 Å². The number of esters is 1. The van der Waals surface area contributed by atoms with Crippen molar-refractivity contribution >= 4 is 17.7 Å². The Morgan fingerprint density at radius 2 is 1.96 bits per heavy atom. The highest BCUT2D eigenvalue weighted by Crippen LogP contribution is 2.29. The molecule has 0 aliphatic carbocycles. The molecule has 3 N–H and O–H groups in total. The molecule has 28 heavy (non-hydrogen) atoms. The van der Waals surface area contributed by atoms with Gasteiger partial charge in [0.25, 0.3) is 0 Å². The summed E-state index contributed by atoms with van der Waals surface area (Å²) in [6, 6.07) is 15.1. The van der Waals surface area contributed by atoms with Crippen molar-refractivity contribution in [2.24, 2.45) is 10.9 Å². The smallest absolute Gasteiger partial charge is 0.341 e. The van der Waals surface area contributed by atoms with Crippen LogP contribution in [0.5, 0.6) is 5.75 Å². The second kappa shape index (κ2) is 9.14. The average molecular weight is 381 g/mol. The zero-order valence-corrected chi connectivity index (χ0v) is 15.6. The number of carbonyl (C=O) groups excluding carboxylic acids is 2. The Morgan fingerprint density at radius 3 is 2.68 bits per heavy atom. The molecule has 0 aromatic heterocycles. The molecule has 2 aromatic rings. The number of hydrogen-bond acceptors (Lipinski definition) is 5. The Labute approximate surface area is 163 Å². The van der Waals surface area contributed by atoms with Gasteiger partial charge in [-0.3, -0.25) is 4.79 Å². The molecule has 0 saturated carbocycles. The first-order chi connectivity index (χ1) is 13.6. The van der Waals surface area contributed by atoms with Gasteiger partial charge in [0.05, 0.1) is 18.4 Å². The molecular weight excluding hydrogens is 358 g/mol. The molecule has 0 saturated heterocycles. The Morgan fingerprint density at radius 1 is 1.18 bits per heavy atom. The monoisotopic (exact) mass is 381 g/mol. The SMILES string of the molecule is CCOC(=O)C1C(CNCc2ccccc2)=NC(=O)NC1c1cccc(O)c1. The summed E-state index contributed by atoms with van der Waals surface area (Å²) in [6.45, 7) is 2.79. The molecule has 1 heterocycles. The summed E-state index contributed by atoms with van der Waals surface area (Å²) in [7, 11) is 0. The van der Waals surface area contributed by atoms with E-state index in [0.29, 0.717) is 17.8 Å². The molecular formula is C21H23N3O4.